The lowest BCUT2D eigenvalue weighted by Crippen LogP contribution is -2.24. The summed E-state index contributed by atoms with van der Waals surface area (Å²) in [7, 11) is 0. The summed E-state index contributed by atoms with van der Waals surface area (Å²) in [5.41, 5.74) is 8.17. The van der Waals surface area contributed by atoms with Gasteiger partial charge < -0.3 is 15.6 Å². The molecule has 2 rings (SSSR count). The Hall–Kier alpha value is -2.89. The number of para-hydroxylation sites is 1. The lowest BCUT2D eigenvalue weighted by Gasteiger charge is -2.20. The van der Waals surface area contributed by atoms with Gasteiger partial charge in [-0.1, -0.05) is 52.3 Å². The van der Waals surface area contributed by atoms with E-state index in [-0.39, 0.29) is 30.2 Å². The molecule has 3 N–H and O–H groups in total. The fraction of sp³-hybridized carbons (Fsp3) is 0.458. The van der Waals surface area contributed by atoms with E-state index in [4.69, 9.17) is 10.5 Å². The number of benzene rings is 2. The summed E-state index contributed by atoms with van der Waals surface area (Å²) in [6.45, 7) is 8.73. The Morgan fingerprint density at radius 1 is 1.03 bits per heavy atom. The van der Waals surface area contributed by atoms with E-state index in [0.29, 0.717) is 29.4 Å². The fourth-order valence-corrected chi connectivity index (χ4v) is 3.10. The molecule has 0 fully saturated rings. The van der Waals surface area contributed by atoms with Crippen LogP contribution in [0.5, 0.6) is 5.75 Å². The number of hydrogen-bond donors (Lipinski definition) is 2. The van der Waals surface area contributed by atoms with Crippen LogP contribution in [0.1, 0.15) is 46.1 Å². The van der Waals surface area contributed by atoms with Crippen LogP contribution in [-0.4, -0.2) is 17.7 Å². The van der Waals surface area contributed by atoms with Crippen LogP contribution in [0, 0.1) is 17.8 Å². The van der Waals surface area contributed by atoms with Crippen LogP contribution in [0.3, 0.4) is 0 Å². The van der Waals surface area contributed by atoms with Gasteiger partial charge in [-0.25, -0.2) is 0 Å². The summed E-state index contributed by atoms with van der Waals surface area (Å²) in [6, 6.07) is 12.2. The Morgan fingerprint density at radius 2 is 1.73 bits per heavy atom. The van der Waals surface area contributed by atoms with Gasteiger partial charge in [-0.15, -0.1) is 10.2 Å². The van der Waals surface area contributed by atoms with Crippen LogP contribution in [0.15, 0.2) is 52.7 Å². The molecule has 6 nitrogen and oxygen atoms in total. The molecule has 1 atom stereocenters. The number of nitrogens with zero attached hydrogens (tertiary/aromatic N) is 2. The average Bonchev–Trinajstić information content (AvgIpc) is 2.69. The molecule has 0 heterocycles. The molecule has 0 aliphatic heterocycles. The summed E-state index contributed by atoms with van der Waals surface area (Å²) in [5.74, 6) is 0.636. The van der Waals surface area contributed by atoms with Gasteiger partial charge in [-0.2, -0.15) is 0 Å². The molecule has 6 heteroatoms. The minimum Gasteiger partial charge on any atom is -0.506 e. The topological polar surface area (TPSA) is 97.3 Å². The van der Waals surface area contributed by atoms with Crippen molar-refractivity contribution in [2.75, 3.05) is 12.3 Å². The highest BCUT2D eigenvalue weighted by Crippen LogP contribution is 2.31. The summed E-state index contributed by atoms with van der Waals surface area (Å²) in [5, 5.41) is 18.3. The van der Waals surface area contributed by atoms with E-state index >= 15 is 0 Å². The largest absolute Gasteiger partial charge is 0.506 e. The number of nitrogens with two attached hydrogens (primary N) is 1. The van der Waals surface area contributed by atoms with E-state index in [1.165, 1.54) is 0 Å². The SMILES string of the molecule is CC(C)CCC(C(=O)OCCc1ccc(O)c(N=Nc2ccccc2N)c1)C(C)C. The first kappa shape index (κ1) is 23.4. The van der Waals surface area contributed by atoms with Crippen LogP contribution in [-0.2, 0) is 16.0 Å². The molecule has 0 aliphatic carbocycles. The molecule has 2 aromatic rings. The standard InChI is InChI=1S/C24H33N3O3/c1-16(2)9-11-19(17(3)4)24(29)30-14-13-18-10-12-23(28)22(15-18)27-26-21-8-6-5-7-20(21)25/h5-8,10,12,15-17,19,28H,9,11,13-14,25H2,1-4H3. The van der Waals surface area contributed by atoms with Crippen LogP contribution < -0.4 is 5.73 Å². The van der Waals surface area contributed by atoms with E-state index < -0.39 is 0 Å². The third-order valence-corrected chi connectivity index (χ3v) is 5.04. The summed E-state index contributed by atoms with van der Waals surface area (Å²) >= 11 is 0. The van der Waals surface area contributed by atoms with Crippen molar-refractivity contribution in [1.29, 1.82) is 0 Å². The summed E-state index contributed by atoms with van der Waals surface area (Å²) in [6.07, 6.45) is 2.40. The maximum Gasteiger partial charge on any atom is 0.309 e. The molecule has 30 heavy (non-hydrogen) atoms. The first-order valence-corrected chi connectivity index (χ1v) is 10.5. The molecule has 0 aromatic heterocycles. The molecule has 0 spiro atoms. The molecule has 0 amide bonds. The molecule has 2 aromatic carbocycles. The van der Waals surface area contributed by atoms with Crippen molar-refractivity contribution < 1.29 is 14.6 Å². The maximum absolute atomic E-state index is 12.5. The van der Waals surface area contributed by atoms with Gasteiger partial charge in [0.1, 0.15) is 17.1 Å². The van der Waals surface area contributed by atoms with Gasteiger partial charge in [0.15, 0.2) is 0 Å². The zero-order chi connectivity index (χ0) is 22.1. The van der Waals surface area contributed by atoms with Crippen molar-refractivity contribution in [2.45, 2.75) is 47.0 Å². The molecule has 0 aliphatic rings. The summed E-state index contributed by atoms with van der Waals surface area (Å²) < 4.78 is 5.54. The Bertz CT molecular complexity index is 863. The van der Waals surface area contributed by atoms with Gasteiger partial charge in [0, 0.05) is 6.42 Å². The predicted molar refractivity (Wildman–Crippen MR) is 120 cm³/mol. The lowest BCUT2D eigenvalue weighted by molar-refractivity contribution is -0.150. The average molecular weight is 412 g/mol. The molecular formula is C24H33N3O3. The molecule has 0 saturated carbocycles. The Labute approximate surface area is 179 Å². The van der Waals surface area contributed by atoms with Crippen molar-refractivity contribution in [1.82, 2.24) is 0 Å². The number of carbonyl (C=O) groups excluding carboxylic acids is 1. The number of esters is 1. The third-order valence-electron chi connectivity index (χ3n) is 5.04. The third kappa shape index (κ3) is 7.17. The number of nitrogen functional groups attached to an aromatic ring is 1. The van der Waals surface area contributed by atoms with Gasteiger partial charge >= 0.3 is 5.97 Å². The van der Waals surface area contributed by atoms with Gasteiger partial charge in [0.25, 0.3) is 0 Å². The molecular weight excluding hydrogens is 378 g/mol. The van der Waals surface area contributed by atoms with Crippen molar-refractivity contribution >= 4 is 23.0 Å². The van der Waals surface area contributed by atoms with E-state index in [9.17, 15) is 9.90 Å². The smallest absolute Gasteiger partial charge is 0.309 e. The summed E-state index contributed by atoms with van der Waals surface area (Å²) in [4.78, 5) is 12.5. The van der Waals surface area contributed by atoms with Crippen molar-refractivity contribution in [3.8, 4) is 5.75 Å². The predicted octanol–water partition coefficient (Wildman–Crippen LogP) is 6.18. The Morgan fingerprint density at radius 3 is 2.40 bits per heavy atom. The maximum atomic E-state index is 12.5. The van der Waals surface area contributed by atoms with Gasteiger partial charge in [0.05, 0.1) is 18.2 Å². The Kier molecular flexibility index (Phi) is 8.84. The van der Waals surface area contributed by atoms with E-state index in [2.05, 4.69) is 37.9 Å². The zero-order valence-corrected chi connectivity index (χ0v) is 18.3. The van der Waals surface area contributed by atoms with Crippen LogP contribution >= 0.6 is 0 Å². The van der Waals surface area contributed by atoms with Crippen LogP contribution in [0.4, 0.5) is 17.1 Å². The number of aromatic hydroxyl groups is 1. The number of anilines is 1. The quantitative estimate of drug-likeness (QED) is 0.277. The minimum atomic E-state index is -0.135. The number of phenolic OH excluding ortho intramolecular Hbond substituents is 1. The number of ether oxygens (including phenoxy) is 1. The first-order chi connectivity index (χ1) is 14.3. The zero-order valence-electron chi connectivity index (χ0n) is 18.3. The number of hydrogen-bond acceptors (Lipinski definition) is 6. The number of phenols is 1. The van der Waals surface area contributed by atoms with E-state index in [1.807, 2.05) is 12.1 Å². The normalized spacial score (nSPS) is 12.6. The van der Waals surface area contributed by atoms with Gasteiger partial charge in [-0.05, 0) is 48.1 Å². The molecule has 1 unspecified atom stereocenters. The van der Waals surface area contributed by atoms with Crippen molar-refractivity contribution in [3.05, 3.63) is 48.0 Å². The molecule has 162 valence electrons. The van der Waals surface area contributed by atoms with Gasteiger partial charge in [0.2, 0.25) is 0 Å². The van der Waals surface area contributed by atoms with Crippen LogP contribution in [0.25, 0.3) is 0 Å². The van der Waals surface area contributed by atoms with Crippen molar-refractivity contribution in [2.24, 2.45) is 28.0 Å². The van der Waals surface area contributed by atoms with E-state index in [1.54, 1.807) is 30.3 Å². The van der Waals surface area contributed by atoms with Gasteiger partial charge in [-0.3, -0.25) is 4.79 Å². The fourth-order valence-electron chi connectivity index (χ4n) is 3.10. The number of azo groups is 1. The van der Waals surface area contributed by atoms with E-state index in [0.717, 1.165) is 18.4 Å². The number of carbonyl (C=O) groups is 1. The lowest BCUT2D eigenvalue weighted by atomic mass is 9.89. The Balaban J connectivity index is 1.96. The first-order valence-electron chi connectivity index (χ1n) is 10.5. The highest BCUT2D eigenvalue weighted by atomic mass is 16.5. The second-order valence-electron chi connectivity index (χ2n) is 8.32. The second-order valence-corrected chi connectivity index (χ2v) is 8.32. The molecule has 0 bridgehead atoms. The highest BCUT2D eigenvalue weighted by Gasteiger charge is 2.23. The van der Waals surface area contributed by atoms with Crippen molar-refractivity contribution in [3.63, 3.8) is 0 Å². The highest BCUT2D eigenvalue weighted by molar-refractivity contribution is 5.72. The number of rotatable bonds is 10. The second kappa shape index (κ2) is 11.3. The van der Waals surface area contributed by atoms with Crippen LogP contribution in [0.2, 0.25) is 0 Å². The minimum absolute atomic E-state index is 0.0301. The molecule has 0 saturated heterocycles. The molecule has 0 radical (unpaired) electrons. The monoisotopic (exact) mass is 411 g/mol.